The Bertz CT molecular complexity index is 974. The Morgan fingerprint density at radius 2 is 1.07 bits per heavy atom. The van der Waals surface area contributed by atoms with Crippen molar-refractivity contribution in [1.29, 1.82) is 0 Å². The SMILES string of the molecule is O=C(N/N=C/c1ccc(Cl)cc1)c1ccc(C(=O)N/N=C/c2ccc(Cl)cc2)o1. The molecule has 0 spiro atoms. The van der Waals surface area contributed by atoms with Crippen molar-refractivity contribution in [3.8, 4) is 0 Å². The molecule has 0 saturated carbocycles. The number of furan rings is 1. The summed E-state index contributed by atoms with van der Waals surface area (Å²) in [5.74, 6) is -1.33. The second-order valence-electron chi connectivity index (χ2n) is 5.67. The van der Waals surface area contributed by atoms with Gasteiger partial charge in [-0.1, -0.05) is 47.5 Å². The molecule has 3 aromatic rings. The first-order valence-corrected chi connectivity index (χ1v) is 9.04. The van der Waals surface area contributed by atoms with E-state index in [1.54, 1.807) is 48.5 Å². The number of nitrogens with one attached hydrogen (secondary N) is 2. The number of benzene rings is 2. The first-order valence-electron chi connectivity index (χ1n) is 8.29. The first kappa shape index (κ1) is 20.3. The summed E-state index contributed by atoms with van der Waals surface area (Å²) in [5, 5.41) is 8.86. The topological polar surface area (TPSA) is 96.1 Å². The molecule has 1 heterocycles. The predicted octanol–water partition coefficient (Wildman–Crippen LogP) is 4.11. The summed E-state index contributed by atoms with van der Waals surface area (Å²) in [5.41, 5.74) is 6.14. The lowest BCUT2D eigenvalue weighted by atomic mass is 10.2. The van der Waals surface area contributed by atoms with Gasteiger partial charge >= 0.3 is 11.8 Å². The van der Waals surface area contributed by atoms with Crippen molar-refractivity contribution in [2.75, 3.05) is 0 Å². The standard InChI is InChI=1S/C20H14Cl2N4O3/c21-15-5-1-13(2-6-15)11-23-25-19(27)17-9-10-18(29-17)20(28)26-24-12-14-3-7-16(22)8-4-14/h1-12H,(H,25,27)(H,26,28)/b23-11+,24-12+. The summed E-state index contributed by atoms with van der Waals surface area (Å²) in [6.07, 6.45) is 2.91. The number of carbonyl (C=O) groups excluding carboxylic acids is 2. The van der Waals surface area contributed by atoms with E-state index in [9.17, 15) is 9.59 Å². The fraction of sp³-hybridized carbons (Fsp3) is 0. The molecule has 146 valence electrons. The Kier molecular flexibility index (Phi) is 6.78. The Labute approximate surface area is 176 Å². The molecule has 0 aliphatic heterocycles. The molecule has 29 heavy (non-hydrogen) atoms. The van der Waals surface area contributed by atoms with Gasteiger partial charge in [0.25, 0.3) is 0 Å². The largest absolute Gasteiger partial charge is 0.446 e. The van der Waals surface area contributed by atoms with Crippen LogP contribution in [0.25, 0.3) is 0 Å². The molecule has 9 heteroatoms. The van der Waals surface area contributed by atoms with Crippen LogP contribution in [0.5, 0.6) is 0 Å². The van der Waals surface area contributed by atoms with Crippen molar-refractivity contribution in [3.63, 3.8) is 0 Å². The molecule has 2 N–H and O–H groups in total. The highest BCUT2D eigenvalue weighted by molar-refractivity contribution is 6.30. The molecule has 1 aromatic heterocycles. The van der Waals surface area contributed by atoms with Gasteiger partial charge in [-0.25, -0.2) is 10.9 Å². The molecule has 7 nitrogen and oxygen atoms in total. The van der Waals surface area contributed by atoms with E-state index >= 15 is 0 Å². The molecule has 0 atom stereocenters. The van der Waals surface area contributed by atoms with Crippen molar-refractivity contribution in [2.24, 2.45) is 10.2 Å². The van der Waals surface area contributed by atoms with E-state index in [0.29, 0.717) is 10.0 Å². The van der Waals surface area contributed by atoms with Gasteiger partial charge in [0, 0.05) is 10.0 Å². The van der Waals surface area contributed by atoms with Gasteiger partial charge in [-0.3, -0.25) is 9.59 Å². The number of hydrogen-bond acceptors (Lipinski definition) is 5. The van der Waals surface area contributed by atoms with Crippen LogP contribution in [0.3, 0.4) is 0 Å². The normalized spacial score (nSPS) is 11.1. The van der Waals surface area contributed by atoms with Crippen molar-refractivity contribution in [2.45, 2.75) is 0 Å². The molecule has 0 unspecified atom stereocenters. The van der Waals surface area contributed by atoms with Gasteiger partial charge in [0.1, 0.15) is 0 Å². The van der Waals surface area contributed by atoms with Gasteiger partial charge in [0.05, 0.1) is 12.4 Å². The van der Waals surface area contributed by atoms with Gasteiger partial charge in [0.2, 0.25) is 0 Å². The van der Waals surface area contributed by atoms with Gasteiger partial charge in [-0.05, 0) is 47.5 Å². The minimum absolute atomic E-state index is 0.0647. The van der Waals surface area contributed by atoms with Crippen molar-refractivity contribution >= 4 is 47.4 Å². The van der Waals surface area contributed by atoms with Gasteiger partial charge in [0.15, 0.2) is 11.5 Å². The van der Waals surface area contributed by atoms with Crippen LogP contribution in [-0.2, 0) is 0 Å². The van der Waals surface area contributed by atoms with Crippen LogP contribution >= 0.6 is 23.2 Å². The highest BCUT2D eigenvalue weighted by Gasteiger charge is 2.15. The van der Waals surface area contributed by atoms with Crippen molar-refractivity contribution in [1.82, 2.24) is 10.9 Å². The summed E-state index contributed by atoms with van der Waals surface area (Å²) in [4.78, 5) is 24.1. The molecule has 2 aromatic carbocycles. The lowest BCUT2D eigenvalue weighted by molar-refractivity contribution is 0.0902. The average molecular weight is 429 g/mol. The number of carbonyl (C=O) groups is 2. The summed E-state index contributed by atoms with van der Waals surface area (Å²) in [6, 6.07) is 16.5. The van der Waals surface area contributed by atoms with Crippen LogP contribution in [0.1, 0.15) is 32.2 Å². The Hall–Kier alpha value is -3.42. The van der Waals surface area contributed by atoms with Crippen LogP contribution in [0.4, 0.5) is 0 Å². The second-order valence-corrected chi connectivity index (χ2v) is 6.54. The third kappa shape index (κ3) is 6.03. The third-order valence-corrected chi connectivity index (χ3v) is 4.06. The van der Waals surface area contributed by atoms with Gasteiger partial charge in [-0.2, -0.15) is 10.2 Å². The number of amides is 2. The molecule has 0 bridgehead atoms. The number of nitrogens with zero attached hydrogens (tertiary/aromatic N) is 2. The van der Waals surface area contributed by atoms with Crippen LogP contribution in [0.2, 0.25) is 10.0 Å². The second kappa shape index (κ2) is 9.68. The summed E-state index contributed by atoms with van der Waals surface area (Å²) in [7, 11) is 0. The predicted molar refractivity (Wildman–Crippen MR) is 112 cm³/mol. The monoisotopic (exact) mass is 428 g/mol. The van der Waals surface area contributed by atoms with Crippen LogP contribution < -0.4 is 10.9 Å². The molecule has 2 amide bonds. The molecule has 0 saturated heterocycles. The number of hydrazone groups is 2. The van der Waals surface area contributed by atoms with Crippen molar-refractivity contribution < 1.29 is 14.0 Å². The molecule has 0 aliphatic rings. The Morgan fingerprint density at radius 3 is 1.45 bits per heavy atom. The zero-order chi connectivity index (χ0) is 20.6. The molecule has 0 fully saturated rings. The van der Waals surface area contributed by atoms with E-state index in [4.69, 9.17) is 27.6 Å². The summed E-state index contributed by atoms with van der Waals surface area (Å²) < 4.78 is 5.24. The Morgan fingerprint density at radius 1 is 0.690 bits per heavy atom. The quantitative estimate of drug-likeness (QED) is 0.456. The first-order chi connectivity index (χ1) is 14.0. The van der Waals surface area contributed by atoms with Gasteiger partial charge < -0.3 is 4.42 Å². The molecule has 0 radical (unpaired) electrons. The molecular weight excluding hydrogens is 415 g/mol. The van der Waals surface area contributed by atoms with Crippen LogP contribution in [0, 0.1) is 0 Å². The lowest BCUT2D eigenvalue weighted by Gasteiger charge is -1.98. The number of rotatable bonds is 6. The average Bonchev–Trinajstić information content (AvgIpc) is 3.21. The van der Waals surface area contributed by atoms with Crippen molar-refractivity contribution in [3.05, 3.63) is 93.4 Å². The smallest absolute Gasteiger partial charge is 0.307 e. The number of hydrogen-bond donors (Lipinski definition) is 2. The molecular formula is C20H14Cl2N4O3. The zero-order valence-electron chi connectivity index (χ0n) is 14.8. The summed E-state index contributed by atoms with van der Waals surface area (Å²) in [6.45, 7) is 0. The maximum atomic E-state index is 12.0. The molecule has 0 aliphatic carbocycles. The highest BCUT2D eigenvalue weighted by Crippen LogP contribution is 2.10. The van der Waals surface area contributed by atoms with E-state index in [1.807, 2.05) is 0 Å². The van der Waals surface area contributed by atoms with E-state index in [0.717, 1.165) is 11.1 Å². The van der Waals surface area contributed by atoms with E-state index < -0.39 is 11.8 Å². The maximum absolute atomic E-state index is 12.0. The third-order valence-electron chi connectivity index (χ3n) is 3.55. The van der Waals surface area contributed by atoms with Crippen LogP contribution in [-0.4, -0.2) is 24.2 Å². The minimum Gasteiger partial charge on any atom is -0.446 e. The fourth-order valence-electron chi connectivity index (χ4n) is 2.12. The maximum Gasteiger partial charge on any atom is 0.307 e. The van der Waals surface area contributed by atoms with Crippen LogP contribution in [0.15, 0.2) is 75.3 Å². The minimum atomic E-state index is -0.598. The van der Waals surface area contributed by atoms with E-state index in [-0.39, 0.29) is 11.5 Å². The summed E-state index contributed by atoms with van der Waals surface area (Å²) >= 11 is 11.6. The van der Waals surface area contributed by atoms with E-state index in [2.05, 4.69) is 21.1 Å². The molecule has 3 rings (SSSR count). The van der Waals surface area contributed by atoms with Gasteiger partial charge in [-0.15, -0.1) is 0 Å². The zero-order valence-corrected chi connectivity index (χ0v) is 16.3. The van der Waals surface area contributed by atoms with E-state index in [1.165, 1.54) is 24.6 Å². The Balaban J connectivity index is 1.53. The lowest BCUT2D eigenvalue weighted by Crippen LogP contribution is -2.18. The highest BCUT2D eigenvalue weighted by atomic mass is 35.5. The number of halogens is 2. The fourth-order valence-corrected chi connectivity index (χ4v) is 2.37.